The van der Waals surface area contributed by atoms with Gasteiger partial charge in [-0.2, -0.15) is 11.8 Å². The molecule has 3 heteroatoms. The quantitative estimate of drug-likeness (QED) is 0.728. The molecule has 0 aliphatic carbocycles. The zero-order valence-electron chi connectivity index (χ0n) is 7.18. The maximum Gasteiger partial charge on any atom is 0.0420 e. The van der Waals surface area contributed by atoms with Crippen LogP contribution >= 0.6 is 39.3 Å². The van der Waals surface area contributed by atoms with Crippen LogP contribution in [0.25, 0.3) is 0 Å². The number of halogens is 2. The first-order chi connectivity index (χ1) is 6.16. The average molecular weight is 277 g/mol. The van der Waals surface area contributed by atoms with Crippen LogP contribution in [0.5, 0.6) is 0 Å². The van der Waals surface area contributed by atoms with Gasteiger partial charge < -0.3 is 0 Å². The third kappa shape index (κ3) is 2.05. The standard InChI is InChI=1S/C10H9BrClS/c1-6-5-13-10(6)7-2-8(11)4-9(12)3-7/h2-4,10H,5H2,1H3. The van der Waals surface area contributed by atoms with Gasteiger partial charge in [-0.05, 0) is 23.8 Å². The lowest BCUT2D eigenvalue weighted by atomic mass is 10.0. The first kappa shape index (κ1) is 9.88. The number of thioether (sulfide) groups is 1. The Morgan fingerprint density at radius 1 is 1.46 bits per heavy atom. The highest BCUT2D eigenvalue weighted by Crippen LogP contribution is 2.49. The van der Waals surface area contributed by atoms with Crippen LogP contribution in [0.2, 0.25) is 5.02 Å². The van der Waals surface area contributed by atoms with Gasteiger partial charge in [0.1, 0.15) is 0 Å². The lowest BCUT2D eigenvalue weighted by Crippen LogP contribution is -2.17. The molecule has 13 heavy (non-hydrogen) atoms. The van der Waals surface area contributed by atoms with E-state index in [1.54, 1.807) is 5.92 Å². The minimum Gasteiger partial charge on any atom is -0.153 e. The Morgan fingerprint density at radius 2 is 2.23 bits per heavy atom. The van der Waals surface area contributed by atoms with Crippen LogP contribution < -0.4 is 0 Å². The van der Waals surface area contributed by atoms with Gasteiger partial charge in [-0.25, -0.2) is 0 Å². The Morgan fingerprint density at radius 3 is 2.69 bits per heavy atom. The fraction of sp³-hybridized carbons (Fsp3) is 0.300. The van der Waals surface area contributed by atoms with Gasteiger partial charge in [-0.15, -0.1) is 0 Å². The van der Waals surface area contributed by atoms with E-state index in [1.165, 1.54) is 11.3 Å². The summed E-state index contributed by atoms with van der Waals surface area (Å²) in [5.41, 5.74) is 1.31. The third-order valence-corrected chi connectivity index (χ3v) is 4.42. The second kappa shape index (κ2) is 3.84. The van der Waals surface area contributed by atoms with Crippen molar-refractivity contribution >= 4 is 39.3 Å². The van der Waals surface area contributed by atoms with Crippen molar-refractivity contribution in [2.75, 3.05) is 5.75 Å². The summed E-state index contributed by atoms with van der Waals surface area (Å²) in [6.45, 7) is 2.20. The molecule has 2 rings (SSSR count). The summed E-state index contributed by atoms with van der Waals surface area (Å²) in [4.78, 5) is 0. The van der Waals surface area contributed by atoms with Crippen molar-refractivity contribution in [1.29, 1.82) is 0 Å². The van der Waals surface area contributed by atoms with Crippen LogP contribution in [-0.4, -0.2) is 5.75 Å². The summed E-state index contributed by atoms with van der Waals surface area (Å²) in [5, 5.41) is 1.37. The molecule has 0 spiro atoms. The summed E-state index contributed by atoms with van der Waals surface area (Å²) >= 11 is 11.4. The lowest BCUT2D eigenvalue weighted by Gasteiger charge is -2.33. The Hall–Kier alpha value is 0.340. The Bertz CT molecular complexity index is 306. The van der Waals surface area contributed by atoms with E-state index in [0.717, 1.165) is 9.50 Å². The molecule has 1 radical (unpaired) electrons. The van der Waals surface area contributed by atoms with E-state index in [0.29, 0.717) is 5.25 Å². The zero-order chi connectivity index (χ0) is 9.42. The summed E-state index contributed by atoms with van der Waals surface area (Å²) in [6.07, 6.45) is 0. The van der Waals surface area contributed by atoms with Gasteiger partial charge in [0.05, 0.1) is 0 Å². The highest BCUT2D eigenvalue weighted by Gasteiger charge is 2.29. The van der Waals surface area contributed by atoms with Crippen LogP contribution in [-0.2, 0) is 0 Å². The van der Waals surface area contributed by atoms with Crippen LogP contribution in [0.1, 0.15) is 17.7 Å². The molecular weight excluding hydrogens is 268 g/mol. The van der Waals surface area contributed by atoms with Crippen LogP contribution in [0.15, 0.2) is 22.7 Å². The van der Waals surface area contributed by atoms with Gasteiger partial charge in [-0.1, -0.05) is 34.5 Å². The van der Waals surface area contributed by atoms with Gasteiger partial charge in [-0.3, -0.25) is 0 Å². The molecule has 0 saturated carbocycles. The minimum atomic E-state index is 0.565. The van der Waals surface area contributed by atoms with Crippen LogP contribution in [0, 0.1) is 5.92 Å². The zero-order valence-corrected chi connectivity index (χ0v) is 10.3. The molecule has 1 heterocycles. The number of benzene rings is 1. The second-order valence-corrected chi connectivity index (χ2v) is 5.69. The van der Waals surface area contributed by atoms with E-state index in [4.69, 9.17) is 11.6 Å². The van der Waals surface area contributed by atoms with Crippen LogP contribution in [0.3, 0.4) is 0 Å². The largest absolute Gasteiger partial charge is 0.153 e. The van der Waals surface area contributed by atoms with Gasteiger partial charge in [0.2, 0.25) is 0 Å². The monoisotopic (exact) mass is 275 g/mol. The van der Waals surface area contributed by atoms with Gasteiger partial charge in [0, 0.05) is 26.4 Å². The Labute approximate surface area is 96.2 Å². The highest BCUT2D eigenvalue weighted by molar-refractivity contribution is 9.10. The molecular formula is C10H9BrClS. The van der Waals surface area contributed by atoms with Gasteiger partial charge >= 0.3 is 0 Å². The Balaban J connectivity index is 2.29. The summed E-state index contributed by atoms with van der Waals surface area (Å²) < 4.78 is 1.07. The van der Waals surface area contributed by atoms with E-state index >= 15 is 0 Å². The van der Waals surface area contributed by atoms with Crippen LogP contribution in [0.4, 0.5) is 0 Å². The van der Waals surface area contributed by atoms with E-state index in [9.17, 15) is 0 Å². The second-order valence-electron chi connectivity index (χ2n) is 3.24. The molecule has 1 aliphatic heterocycles. The van der Waals surface area contributed by atoms with Crippen molar-refractivity contribution in [2.24, 2.45) is 0 Å². The molecule has 69 valence electrons. The number of hydrogen-bond donors (Lipinski definition) is 0. The third-order valence-electron chi connectivity index (χ3n) is 2.11. The molecule has 1 unspecified atom stereocenters. The Kier molecular flexibility index (Phi) is 2.91. The summed E-state index contributed by atoms with van der Waals surface area (Å²) in [5.74, 6) is 2.73. The first-order valence-corrected chi connectivity index (χ1v) is 6.29. The predicted molar refractivity (Wildman–Crippen MR) is 63.3 cm³/mol. The van der Waals surface area contributed by atoms with Crippen molar-refractivity contribution in [3.05, 3.63) is 39.2 Å². The van der Waals surface area contributed by atoms with E-state index in [-0.39, 0.29) is 0 Å². The normalized spacial score (nSPS) is 22.8. The predicted octanol–water partition coefficient (Wildman–Crippen LogP) is 4.48. The molecule has 0 N–H and O–H groups in total. The van der Waals surface area contributed by atoms with E-state index in [2.05, 4.69) is 28.9 Å². The summed E-state index contributed by atoms with van der Waals surface area (Å²) in [6, 6.07) is 6.11. The van der Waals surface area contributed by atoms with E-state index < -0.39 is 0 Å². The molecule has 1 aliphatic rings. The number of rotatable bonds is 1. The van der Waals surface area contributed by atoms with Crippen molar-refractivity contribution in [2.45, 2.75) is 12.2 Å². The minimum absolute atomic E-state index is 0.565. The summed E-state index contributed by atoms with van der Waals surface area (Å²) in [7, 11) is 0. The maximum atomic E-state index is 5.97. The maximum absolute atomic E-state index is 5.97. The SMILES string of the molecule is C[C]1CSC1c1cc(Cl)cc(Br)c1. The molecule has 1 aromatic carbocycles. The van der Waals surface area contributed by atoms with Gasteiger partial charge in [0.15, 0.2) is 0 Å². The fourth-order valence-corrected chi connectivity index (χ4v) is 3.32. The van der Waals surface area contributed by atoms with Gasteiger partial charge in [0.25, 0.3) is 0 Å². The number of hydrogen-bond acceptors (Lipinski definition) is 1. The average Bonchev–Trinajstić information content (AvgIpc) is 1.99. The molecule has 0 nitrogen and oxygen atoms in total. The lowest BCUT2D eigenvalue weighted by molar-refractivity contribution is 0.890. The van der Waals surface area contributed by atoms with Crippen molar-refractivity contribution < 1.29 is 0 Å². The van der Waals surface area contributed by atoms with E-state index in [1.807, 2.05) is 23.9 Å². The molecule has 0 aromatic heterocycles. The molecule has 0 amide bonds. The van der Waals surface area contributed by atoms with Crippen molar-refractivity contribution in [1.82, 2.24) is 0 Å². The smallest absolute Gasteiger partial charge is 0.0420 e. The molecule has 1 saturated heterocycles. The molecule has 1 fully saturated rings. The highest BCUT2D eigenvalue weighted by atomic mass is 79.9. The molecule has 1 aromatic rings. The van der Waals surface area contributed by atoms with Crippen molar-refractivity contribution in [3.8, 4) is 0 Å². The van der Waals surface area contributed by atoms with Crippen molar-refractivity contribution in [3.63, 3.8) is 0 Å². The first-order valence-electron chi connectivity index (χ1n) is 4.07. The topological polar surface area (TPSA) is 0 Å². The molecule has 1 atom stereocenters. The molecule has 0 bridgehead atoms. The fourth-order valence-electron chi connectivity index (χ4n) is 1.44.